The molecule has 4 heteroatoms. The van der Waals surface area contributed by atoms with Crippen molar-refractivity contribution in [3.8, 4) is 11.3 Å². The standard InChI is InChI=1S/C12H7Cl2NO/c13-10-4-2-1-3-9(10)11-6-5-8(7-15-11)12(14)16/h1-7H. The van der Waals surface area contributed by atoms with E-state index in [0.29, 0.717) is 16.3 Å². The Hall–Kier alpha value is -1.38. The average molecular weight is 252 g/mol. The van der Waals surface area contributed by atoms with Gasteiger partial charge < -0.3 is 0 Å². The molecule has 2 rings (SSSR count). The van der Waals surface area contributed by atoms with Crippen LogP contribution < -0.4 is 0 Å². The lowest BCUT2D eigenvalue weighted by Gasteiger charge is -2.03. The van der Waals surface area contributed by atoms with Gasteiger partial charge in [-0.3, -0.25) is 9.78 Å². The van der Waals surface area contributed by atoms with E-state index in [0.717, 1.165) is 5.56 Å². The summed E-state index contributed by atoms with van der Waals surface area (Å²) in [5.41, 5.74) is 1.92. The van der Waals surface area contributed by atoms with Crippen molar-refractivity contribution in [3.63, 3.8) is 0 Å². The average Bonchev–Trinajstić information content (AvgIpc) is 2.30. The molecule has 0 saturated carbocycles. The fraction of sp³-hybridized carbons (Fsp3) is 0. The molecule has 2 aromatic rings. The van der Waals surface area contributed by atoms with Crippen LogP contribution in [0.5, 0.6) is 0 Å². The molecule has 0 N–H and O–H groups in total. The molecule has 1 aromatic heterocycles. The number of aromatic nitrogens is 1. The largest absolute Gasteiger partial charge is 0.276 e. The van der Waals surface area contributed by atoms with Crippen LogP contribution in [0.1, 0.15) is 10.4 Å². The summed E-state index contributed by atoms with van der Waals surface area (Å²) in [5, 5.41) is 0.109. The summed E-state index contributed by atoms with van der Waals surface area (Å²) in [4.78, 5) is 15.0. The lowest BCUT2D eigenvalue weighted by molar-refractivity contribution is 0.108. The number of pyridine rings is 1. The number of hydrogen-bond donors (Lipinski definition) is 0. The highest BCUT2D eigenvalue weighted by Gasteiger charge is 2.06. The van der Waals surface area contributed by atoms with Crippen LogP contribution in [0.3, 0.4) is 0 Å². The number of benzene rings is 1. The Labute approximate surface area is 103 Å². The van der Waals surface area contributed by atoms with Crippen LogP contribution in [-0.2, 0) is 0 Å². The van der Waals surface area contributed by atoms with E-state index in [1.165, 1.54) is 6.20 Å². The lowest BCUT2D eigenvalue weighted by atomic mass is 10.1. The molecule has 0 spiro atoms. The van der Waals surface area contributed by atoms with Gasteiger partial charge in [-0.25, -0.2) is 0 Å². The van der Waals surface area contributed by atoms with Gasteiger partial charge in [-0.2, -0.15) is 0 Å². The molecule has 0 saturated heterocycles. The summed E-state index contributed by atoms with van der Waals surface area (Å²) in [5.74, 6) is 0. The van der Waals surface area contributed by atoms with Crippen LogP contribution in [0.2, 0.25) is 5.02 Å². The van der Waals surface area contributed by atoms with Crippen molar-refractivity contribution in [1.29, 1.82) is 0 Å². The molecule has 0 aliphatic carbocycles. The van der Waals surface area contributed by atoms with E-state index < -0.39 is 5.24 Å². The number of nitrogens with zero attached hydrogens (tertiary/aromatic N) is 1. The van der Waals surface area contributed by atoms with Crippen molar-refractivity contribution in [2.75, 3.05) is 0 Å². The molecule has 1 heterocycles. The number of halogens is 2. The second kappa shape index (κ2) is 4.64. The molecule has 80 valence electrons. The van der Waals surface area contributed by atoms with E-state index in [2.05, 4.69) is 4.98 Å². The maximum absolute atomic E-state index is 10.9. The molecular formula is C12H7Cl2NO. The third kappa shape index (κ3) is 2.23. The molecule has 1 aromatic carbocycles. The predicted octanol–water partition coefficient (Wildman–Crippen LogP) is 3.78. The van der Waals surface area contributed by atoms with Gasteiger partial charge in [-0.1, -0.05) is 29.8 Å². The summed E-state index contributed by atoms with van der Waals surface area (Å²) in [7, 11) is 0. The first-order valence-electron chi connectivity index (χ1n) is 4.59. The number of carbonyl (C=O) groups excluding carboxylic acids is 1. The molecule has 0 amide bonds. The van der Waals surface area contributed by atoms with Gasteiger partial charge in [0.05, 0.1) is 11.3 Å². The number of hydrogen-bond acceptors (Lipinski definition) is 2. The molecule has 0 aliphatic rings. The van der Waals surface area contributed by atoms with Gasteiger partial charge >= 0.3 is 0 Å². The van der Waals surface area contributed by atoms with Gasteiger partial charge in [-0.15, -0.1) is 0 Å². The monoisotopic (exact) mass is 251 g/mol. The Morgan fingerprint density at radius 1 is 1.12 bits per heavy atom. The maximum Gasteiger partial charge on any atom is 0.253 e. The van der Waals surface area contributed by atoms with E-state index in [1.54, 1.807) is 18.2 Å². The minimum absolute atomic E-state index is 0.373. The highest BCUT2D eigenvalue weighted by atomic mass is 35.5. The maximum atomic E-state index is 10.9. The van der Waals surface area contributed by atoms with Gasteiger partial charge in [0.15, 0.2) is 0 Å². The Morgan fingerprint density at radius 2 is 1.88 bits per heavy atom. The predicted molar refractivity (Wildman–Crippen MR) is 64.9 cm³/mol. The summed E-state index contributed by atoms with van der Waals surface area (Å²) in [6.07, 6.45) is 1.44. The summed E-state index contributed by atoms with van der Waals surface area (Å²) < 4.78 is 0. The molecule has 0 radical (unpaired) electrons. The molecule has 16 heavy (non-hydrogen) atoms. The molecule has 0 aliphatic heterocycles. The van der Waals surface area contributed by atoms with Crippen LogP contribution >= 0.6 is 23.2 Å². The molecule has 0 fully saturated rings. The zero-order valence-corrected chi connectivity index (χ0v) is 9.66. The van der Waals surface area contributed by atoms with Crippen LogP contribution in [-0.4, -0.2) is 10.2 Å². The summed E-state index contributed by atoms with van der Waals surface area (Å²) in [6.45, 7) is 0. The smallest absolute Gasteiger partial charge is 0.253 e. The third-order valence-corrected chi connectivity index (χ3v) is 2.69. The van der Waals surface area contributed by atoms with E-state index in [9.17, 15) is 4.79 Å². The summed E-state index contributed by atoms with van der Waals surface area (Å²) >= 11 is 11.4. The van der Waals surface area contributed by atoms with Gasteiger partial charge in [0.25, 0.3) is 5.24 Å². The van der Waals surface area contributed by atoms with Crippen LogP contribution in [0, 0.1) is 0 Å². The number of rotatable bonds is 2. The van der Waals surface area contributed by atoms with Gasteiger partial charge in [0.2, 0.25) is 0 Å². The Bertz CT molecular complexity index is 523. The minimum atomic E-state index is -0.516. The molecule has 2 nitrogen and oxygen atoms in total. The van der Waals surface area contributed by atoms with Crippen LogP contribution in [0.4, 0.5) is 0 Å². The zero-order chi connectivity index (χ0) is 11.5. The number of carbonyl (C=O) groups is 1. The quantitative estimate of drug-likeness (QED) is 0.761. The topological polar surface area (TPSA) is 30.0 Å². The van der Waals surface area contributed by atoms with Crippen molar-refractivity contribution >= 4 is 28.4 Å². The third-order valence-electron chi connectivity index (χ3n) is 2.14. The first-order valence-corrected chi connectivity index (χ1v) is 5.35. The Kier molecular flexibility index (Phi) is 3.22. The van der Waals surface area contributed by atoms with Crippen LogP contribution in [0.25, 0.3) is 11.3 Å². The van der Waals surface area contributed by atoms with E-state index in [4.69, 9.17) is 23.2 Å². The summed E-state index contributed by atoms with van der Waals surface area (Å²) in [6, 6.07) is 10.7. The Morgan fingerprint density at radius 3 is 2.44 bits per heavy atom. The van der Waals surface area contributed by atoms with Crippen molar-refractivity contribution in [2.45, 2.75) is 0 Å². The zero-order valence-electron chi connectivity index (χ0n) is 8.15. The van der Waals surface area contributed by atoms with Crippen LogP contribution in [0.15, 0.2) is 42.6 Å². The van der Waals surface area contributed by atoms with E-state index >= 15 is 0 Å². The van der Waals surface area contributed by atoms with Gasteiger partial charge in [0, 0.05) is 16.8 Å². The van der Waals surface area contributed by atoms with Gasteiger partial charge in [-0.05, 0) is 29.8 Å². The first-order chi connectivity index (χ1) is 7.68. The van der Waals surface area contributed by atoms with E-state index in [1.807, 2.05) is 18.2 Å². The minimum Gasteiger partial charge on any atom is -0.276 e. The second-order valence-electron chi connectivity index (χ2n) is 3.19. The SMILES string of the molecule is O=C(Cl)c1ccc(-c2ccccc2Cl)nc1. The molecular weight excluding hydrogens is 245 g/mol. The molecule has 0 bridgehead atoms. The van der Waals surface area contributed by atoms with Gasteiger partial charge in [0.1, 0.15) is 0 Å². The Balaban J connectivity index is 2.43. The van der Waals surface area contributed by atoms with Crippen molar-refractivity contribution < 1.29 is 4.79 Å². The van der Waals surface area contributed by atoms with E-state index in [-0.39, 0.29) is 0 Å². The first kappa shape index (κ1) is 11.1. The van der Waals surface area contributed by atoms with Crippen molar-refractivity contribution in [2.24, 2.45) is 0 Å². The van der Waals surface area contributed by atoms with Crippen molar-refractivity contribution in [3.05, 3.63) is 53.2 Å². The molecule has 0 unspecified atom stereocenters. The second-order valence-corrected chi connectivity index (χ2v) is 3.94. The highest BCUT2D eigenvalue weighted by molar-refractivity contribution is 6.67. The lowest BCUT2D eigenvalue weighted by Crippen LogP contribution is -1.91. The normalized spacial score (nSPS) is 10.1. The highest BCUT2D eigenvalue weighted by Crippen LogP contribution is 2.25. The molecule has 0 atom stereocenters. The fourth-order valence-electron chi connectivity index (χ4n) is 1.34. The fourth-order valence-corrected chi connectivity index (χ4v) is 1.68. The van der Waals surface area contributed by atoms with Crippen molar-refractivity contribution in [1.82, 2.24) is 4.98 Å².